The molecule has 102 valence electrons. The van der Waals surface area contributed by atoms with E-state index in [2.05, 4.69) is 15.1 Å². The zero-order valence-electron chi connectivity index (χ0n) is 10.8. The molecule has 1 aliphatic rings. The summed E-state index contributed by atoms with van der Waals surface area (Å²) < 4.78 is 2.07. The third kappa shape index (κ3) is 3.54. The Labute approximate surface area is 108 Å². The van der Waals surface area contributed by atoms with Crippen molar-refractivity contribution >= 4 is 0 Å². The Morgan fingerprint density at radius 1 is 1.28 bits per heavy atom. The van der Waals surface area contributed by atoms with E-state index in [1.165, 1.54) is 32.1 Å². The highest BCUT2D eigenvalue weighted by Gasteiger charge is 2.16. The lowest BCUT2D eigenvalue weighted by molar-refractivity contribution is 0.170. The maximum absolute atomic E-state index is 8.96. The second-order valence-electron chi connectivity index (χ2n) is 5.02. The van der Waals surface area contributed by atoms with Crippen molar-refractivity contribution in [3.63, 3.8) is 0 Å². The van der Waals surface area contributed by atoms with Crippen LogP contribution in [-0.4, -0.2) is 39.2 Å². The average molecular weight is 253 g/mol. The summed E-state index contributed by atoms with van der Waals surface area (Å²) in [4.78, 5) is 0. The Kier molecular flexibility index (Phi) is 5.16. The van der Waals surface area contributed by atoms with Crippen LogP contribution < -0.4 is 5.32 Å². The maximum atomic E-state index is 8.96. The smallest absolute Gasteiger partial charge is 0.0762 e. The second kappa shape index (κ2) is 6.87. The molecule has 0 atom stereocenters. The van der Waals surface area contributed by atoms with Crippen molar-refractivity contribution in [1.82, 2.24) is 15.1 Å². The van der Waals surface area contributed by atoms with Gasteiger partial charge in [0.1, 0.15) is 0 Å². The van der Waals surface area contributed by atoms with Crippen molar-refractivity contribution in [2.24, 2.45) is 0 Å². The number of aromatic nitrogens is 2. The molecule has 0 saturated heterocycles. The second-order valence-corrected chi connectivity index (χ2v) is 5.02. The number of rotatable bonds is 6. The van der Waals surface area contributed by atoms with E-state index < -0.39 is 0 Å². The van der Waals surface area contributed by atoms with Crippen LogP contribution in [0, 0.1) is 0 Å². The van der Waals surface area contributed by atoms with Gasteiger partial charge in [-0.1, -0.05) is 19.3 Å². The monoisotopic (exact) mass is 253 g/mol. The lowest BCUT2D eigenvalue weighted by Crippen LogP contribution is -2.35. The van der Waals surface area contributed by atoms with Crippen LogP contribution >= 0.6 is 0 Å². The molecule has 0 amide bonds. The molecule has 0 aromatic carbocycles. The van der Waals surface area contributed by atoms with E-state index in [1.807, 2.05) is 12.3 Å². The molecule has 3 N–H and O–H groups in total. The van der Waals surface area contributed by atoms with E-state index >= 15 is 0 Å². The van der Waals surface area contributed by atoms with Gasteiger partial charge in [-0.05, 0) is 18.9 Å². The molecule has 5 nitrogen and oxygen atoms in total. The molecule has 0 aliphatic heterocycles. The Morgan fingerprint density at radius 3 is 2.67 bits per heavy atom. The number of aliphatic hydroxyl groups is 2. The van der Waals surface area contributed by atoms with Crippen LogP contribution in [0.2, 0.25) is 0 Å². The van der Waals surface area contributed by atoms with Gasteiger partial charge in [0.25, 0.3) is 0 Å². The standard InChI is InChI=1S/C13H23N3O2/c17-9-12(10-18)14-8-11-6-7-16(15-11)13-4-2-1-3-5-13/h6-7,12-14,17-18H,1-5,8-10H2. The van der Waals surface area contributed by atoms with Gasteiger partial charge in [-0.15, -0.1) is 0 Å². The fraction of sp³-hybridized carbons (Fsp3) is 0.769. The lowest BCUT2D eigenvalue weighted by atomic mass is 9.96. The SMILES string of the molecule is OCC(CO)NCc1ccn(C2CCCCC2)n1. The lowest BCUT2D eigenvalue weighted by Gasteiger charge is -2.21. The van der Waals surface area contributed by atoms with E-state index in [9.17, 15) is 0 Å². The molecule has 0 radical (unpaired) electrons. The summed E-state index contributed by atoms with van der Waals surface area (Å²) in [7, 11) is 0. The summed E-state index contributed by atoms with van der Waals surface area (Å²) in [6.45, 7) is 0.477. The summed E-state index contributed by atoms with van der Waals surface area (Å²) in [6, 6.07) is 2.30. The van der Waals surface area contributed by atoms with Gasteiger partial charge in [-0.2, -0.15) is 5.10 Å². The molecule has 5 heteroatoms. The van der Waals surface area contributed by atoms with Gasteiger partial charge in [0.05, 0.1) is 31.0 Å². The van der Waals surface area contributed by atoms with Crippen LogP contribution in [0.15, 0.2) is 12.3 Å². The molecular weight excluding hydrogens is 230 g/mol. The van der Waals surface area contributed by atoms with Crippen LogP contribution in [0.5, 0.6) is 0 Å². The quantitative estimate of drug-likeness (QED) is 0.702. The normalized spacial score (nSPS) is 17.5. The topological polar surface area (TPSA) is 70.3 Å². The van der Waals surface area contributed by atoms with Crippen LogP contribution in [0.1, 0.15) is 43.8 Å². The molecular formula is C13H23N3O2. The van der Waals surface area contributed by atoms with Gasteiger partial charge >= 0.3 is 0 Å². The van der Waals surface area contributed by atoms with Gasteiger partial charge in [0, 0.05) is 12.7 Å². The number of aliphatic hydroxyl groups excluding tert-OH is 2. The third-order valence-electron chi connectivity index (χ3n) is 3.63. The highest BCUT2D eigenvalue weighted by atomic mass is 16.3. The molecule has 0 spiro atoms. The molecule has 1 saturated carbocycles. The van der Waals surface area contributed by atoms with Crippen LogP contribution in [-0.2, 0) is 6.54 Å². The van der Waals surface area contributed by atoms with Crippen molar-refractivity contribution in [2.45, 2.75) is 50.7 Å². The summed E-state index contributed by atoms with van der Waals surface area (Å²) in [5.74, 6) is 0. The number of hydrogen-bond acceptors (Lipinski definition) is 4. The van der Waals surface area contributed by atoms with Gasteiger partial charge in [-0.3, -0.25) is 4.68 Å². The van der Waals surface area contributed by atoms with Gasteiger partial charge in [0.15, 0.2) is 0 Å². The zero-order valence-corrected chi connectivity index (χ0v) is 10.8. The van der Waals surface area contributed by atoms with Crippen LogP contribution in [0.4, 0.5) is 0 Å². The number of hydrogen-bond donors (Lipinski definition) is 3. The Morgan fingerprint density at radius 2 is 2.00 bits per heavy atom. The highest BCUT2D eigenvalue weighted by molar-refractivity contribution is 5.00. The minimum absolute atomic E-state index is 0.0557. The summed E-state index contributed by atoms with van der Waals surface area (Å²) in [6.07, 6.45) is 8.44. The van der Waals surface area contributed by atoms with Gasteiger partial charge in [0.2, 0.25) is 0 Å². The molecule has 1 aromatic rings. The van der Waals surface area contributed by atoms with Gasteiger partial charge < -0.3 is 15.5 Å². The molecule has 2 rings (SSSR count). The minimum Gasteiger partial charge on any atom is -0.395 e. The van der Waals surface area contributed by atoms with Crippen molar-refractivity contribution < 1.29 is 10.2 Å². The molecule has 18 heavy (non-hydrogen) atoms. The first-order valence-corrected chi connectivity index (χ1v) is 6.82. The first kappa shape index (κ1) is 13.5. The summed E-state index contributed by atoms with van der Waals surface area (Å²) >= 11 is 0. The van der Waals surface area contributed by atoms with Crippen molar-refractivity contribution in [2.75, 3.05) is 13.2 Å². The first-order valence-electron chi connectivity index (χ1n) is 6.82. The van der Waals surface area contributed by atoms with E-state index in [4.69, 9.17) is 10.2 Å². The van der Waals surface area contributed by atoms with E-state index in [-0.39, 0.29) is 19.3 Å². The van der Waals surface area contributed by atoms with Crippen LogP contribution in [0.3, 0.4) is 0 Å². The molecule has 1 aliphatic carbocycles. The fourth-order valence-corrected chi connectivity index (χ4v) is 2.46. The Bertz CT molecular complexity index is 344. The molecule has 1 heterocycles. The first-order chi connectivity index (χ1) is 8.83. The molecule has 0 bridgehead atoms. The van der Waals surface area contributed by atoms with Crippen molar-refractivity contribution in [3.8, 4) is 0 Å². The maximum Gasteiger partial charge on any atom is 0.0762 e. The fourth-order valence-electron chi connectivity index (χ4n) is 2.46. The summed E-state index contributed by atoms with van der Waals surface area (Å²) in [5, 5.41) is 25.6. The largest absolute Gasteiger partial charge is 0.395 e. The minimum atomic E-state index is -0.259. The highest BCUT2D eigenvalue weighted by Crippen LogP contribution is 2.27. The van der Waals surface area contributed by atoms with E-state index in [0.29, 0.717) is 12.6 Å². The Hall–Kier alpha value is -0.910. The predicted molar refractivity (Wildman–Crippen MR) is 69.1 cm³/mol. The van der Waals surface area contributed by atoms with Crippen molar-refractivity contribution in [3.05, 3.63) is 18.0 Å². The summed E-state index contributed by atoms with van der Waals surface area (Å²) in [5.41, 5.74) is 0.965. The third-order valence-corrected chi connectivity index (χ3v) is 3.63. The van der Waals surface area contributed by atoms with E-state index in [0.717, 1.165) is 5.69 Å². The molecule has 1 aromatic heterocycles. The Balaban J connectivity index is 1.85. The van der Waals surface area contributed by atoms with E-state index in [1.54, 1.807) is 0 Å². The molecule has 0 unspecified atom stereocenters. The zero-order chi connectivity index (χ0) is 12.8. The average Bonchev–Trinajstić information content (AvgIpc) is 2.90. The van der Waals surface area contributed by atoms with Gasteiger partial charge in [-0.25, -0.2) is 0 Å². The number of nitrogens with zero attached hydrogens (tertiary/aromatic N) is 2. The molecule has 1 fully saturated rings. The number of nitrogens with one attached hydrogen (secondary N) is 1. The van der Waals surface area contributed by atoms with Crippen molar-refractivity contribution in [1.29, 1.82) is 0 Å². The predicted octanol–water partition coefficient (Wildman–Crippen LogP) is 0.831. The van der Waals surface area contributed by atoms with Crippen LogP contribution in [0.25, 0.3) is 0 Å².